The SMILES string of the molecule is CCOCCCNC(=O)C(=O)Nc1ccc(C#N)cc1. The number of nitrogens with zero attached hydrogens (tertiary/aromatic N) is 1. The lowest BCUT2D eigenvalue weighted by Crippen LogP contribution is -2.36. The number of nitrogens with one attached hydrogen (secondary N) is 2. The highest BCUT2D eigenvalue weighted by Crippen LogP contribution is 2.08. The van der Waals surface area contributed by atoms with Gasteiger partial charge in [0.15, 0.2) is 0 Å². The molecule has 0 atom stereocenters. The van der Waals surface area contributed by atoms with Gasteiger partial charge < -0.3 is 15.4 Å². The number of benzene rings is 1. The molecule has 6 nitrogen and oxygen atoms in total. The second-order valence-electron chi connectivity index (χ2n) is 3.95. The largest absolute Gasteiger partial charge is 0.382 e. The number of nitriles is 1. The van der Waals surface area contributed by atoms with Crippen LogP contribution in [0.5, 0.6) is 0 Å². The molecule has 1 aromatic rings. The second-order valence-corrected chi connectivity index (χ2v) is 3.95. The Morgan fingerprint density at radius 3 is 2.55 bits per heavy atom. The summed E-state index contributed by atoms with van der Waals surface area (Å²) in [4.78, 5) is 23.1. The summed E-state index contributed by atoms with van der Waals surface area (Å²) in [5.41, 5.74) is 0.960. The third-order valence-electron chi connectivity index (χ3n) is 2.43. The Morgan fingerprint density at radius 1 is 1.25 bits per heavy atom. The van der Waals surface area contributed by atoms with Crippen molar-refractivity contribution < 1.29 is 14.3 Å². The van der Waals surface area contributed by atoms with Gasteiger partial charge >= 0.3 is 11.8 Å². The number of hydrogen-bond donors (Lipinski definition) is 2. The number of carbonyl (C=O) groups excluding carboxylic acids is 2. The Balaban J connectivity index is 2.34. The molecule has 2 amide bonds. The predicted molar refractivity (Wildman–Crippen MR) is 73.9 cm³/mol. The standard InChI is InChI=1S/C14H17N3O3/c1-2-20-9-3-8-16-13(18)14(19)17-12-6-4-11(10-15)5-7-12/h4-7H,2-3,8-9H2,1H3,(H,16,18)(H,17,19). The lowest BCUT2D eigenvalue weighted by molar-refractivity contribution is -0.136. The number of anilines is 1. The van der Waals surface area contributed by atoms with E-state index in [4.69, 9.17) is 10.00 Å². The molecular weight excluding hydrogens is 258 g/mol. The number of ether oxygens (including phenoxy) is 1. The third-order valence-corrected chi connectivity index (χ3v) is 2.43. The quantitative estimate of drug-likeness (QED) is 0.599. The predicted octanol–water partition coefficient (Wildman–Crippen LogP) is 1.04. The molecule has 0 aliphatic heterocycles. The van der Waals surface area contributed by atoms with Crippen LogP contribution < -0.4 is 10.6 Å². The molecule has 1 rings (SSSR count). The molecule has 0 saturated carbocycles. The van der Waals surface area contributed by atoms with Gasteiger partial charge in [0.2, 0.25) is 0 Å². The van der Waals surface area contributed by atoms with Crippen LogP contribution in [0.3, 0.4) is 0 Å². The average molecular weight is 275 g/mol. The molecule has 0 spiro atoms. The smallest absolute Gasteiger partial charge is 0.313 e. The van der Waals surface area contributed by atoms with E-state index < -0.39 is 11.8 Å². The Labute approximate surface area is 117 Å². The molecule has 20 heavy (non-hydrogen) atoms. The number of amides is 2. The van der Waals surface area contributed by atoms with Crippen LogP contribution in [0.1, 0.15) is 18.9 Å². The fourth-order valence-electron chi connectivity index (χ4n) is 1.42. The van der Waals surface area contributed by atoms with E-state index in [0.29, 0.717) is 37.4 Å². The number of hydrogen-bond acceptors (Lipinski definition) is 4. The van der Waals surface area contributed by atoms with Gasteiger partial charge in [0.05, 0.1) is 11.6 Å². The molecule has 0 fully saturated rings. The van der Waals surface area contributed by atoms with E-state index in [9.17, 15) is 9.59 Å². The van der Waals surface area contributed by atoms with E-state index in [1.54, 1.807) is 24.3 Å². The van der Waals surface area contributed by atoms with Gasteiger partial charge in [-0.1, -0.05) is 0 Å². The third kappa shape index (κ3) is 5.50. The van der Waals surface area contributed by atoms with E-state index >= 15 is 0 Å². The summed E-state index contributed by atoms with van der Waals surface area (Å²) < 4.78 is 5.12. The second kappa shape index (κ2) is 8.67. The molecule has 0 bridgehead atoms. The van der Waals surface area contributed by atoms with Gasteiger partial charge in [0, 0.05) is 25.4 Å². The lowest BCUT2D eigenvalue weighted by atomic mass is 10.2. The van der Waals surface area contributed by atoms with Crippen molar-refractivity contribution in [2.75, 3.05) is 25.1 Å². The van der Waals surface area contributed by atoms with E-state index in [-0.39, 0.29) is 0 Å². The summed E-state index contributed by atoms with van der Waals surface area (Å²) in [7, 11) is 0. The molecular formula is C14H17N3O3. The minimum absolute atomic E-state index is 0.389. The first-order chi connectivity index (χ1) is 9.67. The first-order valence-corrected chi connectivity index (χ1v) is 6.34. The van der Waals surface area contributed by atoms with Gasteiger partial charge in [-0.25, -0.2) is 0 Å². The normalized spacial score (nSPS) is 9.60. The molecule has 1 aromatic carbocycles. The van der Waals surface area contributed by atoms with Gasteiger partial charge in [0.1, 0.15) is 0 Å². The van der Waals surface area contributed by atoms with E-state index in [1.807, 2.05) is 13.0 Å². The van der Waals surface area contributed by atoms with Crippen molar-refractivity contribution in [3.05, 3.63) is 29.8 Å². The molecule has 0 saturated heterocycles. The van der Waals surface area contributed by atoms with Crippen LogP contribution in [0.2, 0.25) is 0 Å². The highest BCUT2D eigenvalue weighted by atomic mass is 16.5. The van der Waals surface area contributed by atoms with Gasteiger partial charge in [-0.05, 0) is 37.6 Å². The first kappa shape index (κ1) is 15.7. The number of rotatable bonds is 6. The van der Waals surface area contributed by atoms with Crippen LogP contribution in [0.15, 0.2) is 24.3 Å². The van der Waals surface area contributed by atoms with Gasteiger partial charge in [0.25, 0.3) is 0 Å². The summed E-state index contributed by atoms with van der Waals surface area (Å²) in [6, 6.07) is 8.24. The van der Waals surface area contributed by atoms with Crippen LogP contribution in [-0.2, 0) is 14.3 Å². The van der Waals surface area contributed by atoms with Gasteiger partial charge in [-0.15, -0.1) is 0 Å². The van der Waals surface area contributed by atoms with Crippen molar-refractivity contribution in [1.29, 1.82) is 5.26 Å². The molecule has 0 aliphatic rings. The summed E-state index contributed by atoms with van der Waals surface area (Å²) in [6.45, 7) is 3.46. The van der Waals surface area contributed by atoms with Crippen LogP contribution >= 0.6 is 0 Å². The topological polar surface area (TPSA) is 91.2 Å². The molecule has 106 valence electrons. The summed E-state index contributed by atoms with van der Waals surface area (Å²) in [6.07, 6.45) is 0.656. The minimum Gasteiger partial charge on any atom is -0.382 e. The van der Waals surface area contributed by atoms with Gasteiger partial charge in [-0.3, -0.25) is 9.59 Å². The summed E-state index contributed by atoms with van der Waals surface area (Å²) >= 11 is 0. The van der Waals surface area contributed by atoms with Crippen LogP contribution in [0, 0.1) is 11.3 Å². The maximum atomic E-state index is 11.6. The Hall–Kier alpha value is -2.39. The summed E-state index contributed by atoms with van der Waals surface area (Å²) in [5, 5.41) is 13.6. The van der Waals surface area contributed by atoms with Crippen LogP contribution in [0.4, 0.5) is 5.69 Å². The highest BCUT2D eigenvalue weighted by Gasteiger charge is 2.12. The maximum absolute atomic E-state index is 11.6. The fraction of sp³-hybridized carbons (Fsp3) is 0.357. The van der Waals surface area contributed by atoms with Crippen molar-refractivity contribution in [3.63, 3.8) is 0 Å². The molecule has 0 heterocycles. The molecule has 0 aliphatic carbocycles. The van der Waals surface area contributed by atoms with Crippen molar-refractivity contribution in [3.8, 4) is 6.07 Å². The van der Waals surface area contributed by atoms with Gasteiger partial charge in [-0.2, -0.15) is 5.26 Å². The summed E-state index contributed by atoms with van der Waals surface area (Å²) in [5.74, 6) is -1.42. The van der Waals surface area contributed by atoms with Crippen molar-refractivity contribution in [1.82, 2.24) is 5.32 Å². The zero-order valence-electron chi connectivity index (χ0n) is 11.3. The molecule has 0 aromatic heterocycles. The van der Waals surface area contributed by atoms with E-state index in [1.165, 1.54) is 0 Å². The van der Waals surface area contributed by atoms with Crippen LogP contribution in [0.25, 0.3) is 0 Å². The monoisotopic (exact) mass is 275 g/mol. The zero-order chi connectivity index (χ0) is 14.8. The maximum Gasteiger partial charge on any atom is 0.313 e. The zero-order valence-corrected chi connectivity index (χ0v) is 11.3. The lowest BCUT2D eigenvalue weighted by Gasteiger charge is -2.06. The highest BCUT2D eigenvalue weighted by molar-refractivity contribution is 6.39. The van der Waals surface area contributed by atoms with E-state index in [2.05, 4.69) is 10.6 Å². The fourth-order valence-corrected chi connectivity index (χ4v) is 1.42. The molecule has 0 unspecified atom stereocenters. The van der Waals surface area contributed by atoms with Crippen molar-refractivity contribution in [2.24, 2.45) is 0 Å². The first-order valence-electron chi connectivity index (χ1n) is 6.34. The Bertz CT molecular complexity index is 491. The van der Waals surface area contributed by atoms with Crippen LogP contribution in [-0.4, -0.2) is 31.6 Å². The molecule has 6 heteroatoms. The Morgan fingerprint density at radius 2 is 1.95 bits per heavy atom. The average Bonchev–Trinajstić information content (AvgIpc) is 2.47. The molecule has 0 radical (unpaired) electrons. The minimum atomic E-state index is -0.730. The van der Waals surface area contributed by atoms with E-state index in [0.717, 1.165) is 0 Å². The van der Waals surface area contributed by atoms with Crippen molar-refractivity contribution >= 4 is 17.5 Å². The van der Waals surface area contributed by atoms with Crippen molar-refractivity contribution in [2.45, 2.75) is 13.3 Å². The molecule has 2 N–H and O–H groups in total. The Kier molecular flexibility index (Phi) is 6.79. The number of carbonyl (C=O) groups is 2.